The van der Waals surface area contributed by atoms with Crippen LogP contribution >= 0.6 is 0 Å². The maximum absolute atomic E-state index is 2.90. The zero-order valence-corrected chi connectivity index (χ0v) is 31.0. The molecular weight excluding hydrogens is 573 g/mol. The molecule has 3 aromatic rings. The number of rotatable bonds is 4. The van der Waals surface area contributed by atoms with Crippen LogP contribution in [0.25, 0.3) is 0 Å². The van der Waals surface area contributed by atoms with E-state index in [4.69, 9.17) is 0 Å². The molecule has 0 amide bonds. The van der Waals surface area contributed by atoms with Gasteiger partial charge in [0, 0.05) is 48.8 Å². The molecule has 0 radical (unpaired) electrons. The molecule has 0 spiro atoms. The molecule has 6 fully saturated rings. The lowest BCUT2D eigenvalue weighted by atomic mass is 9.52. The van der Waals surface area contributed by atoms with Crippen LogP contribution < -0.4 is 14.7 Å². The Morgan fingerprint density at radius 3 is 1.06 bits per heavy atom. The fourth-order valence-electron chi connectivity index (χ4n) is 11.6. The Hall–Kier alpha value is -2.98. The Labute approximate surface area is 286 Å². The molecule has 2 heterocycles. The molecule has 2 aliphatic heterocycles. The first-order valence-corrected chi connectivity index (χ1v) is 18.6. The Morgan fingerprint density at radius 1 is 0.426 bits per heavy atom. The van der Waals surface area contributed by atoms with E-state index in [1.54, 1.807) is 19.3 Å². The van der Waals surface area contributed by atoms with Crippen molar-refractivity contribution >= 4 is 17.1 Å². The SMILES string of the molecule is Cc1cc(C)c(N2CCN(C34CC5CC(CC(C5)C3)C4)C2)c(C)c1.Cc1cc(C)c(N2CCN(c3c(C)cc(C)cc3C)C2)c(C)c1. The van der Waals surface area contributed by atoms with Crippen molar-refractivity contribution in [1.29, 1.82) is 0 Å². The monoisotopic (exact) mass is 632 g/mol. The summed E-state index contributed by atoms with van der Waals surface area (Å²) in [6.45, 7) is 26.9. The average Bonchev–Trinajstić information content (AvgIpc) is 3.62. The van der Waals surface area contributed by atoms with E-state index in [0.29, 0.717) is 5.54 Å². The van der Waals surface area contributed by atoms with E-state index in [-0.39, 0.29) is 0 Å². The molecule has 0 atom stereocenters. The highest BCUT2D eigenvalue weighted by Gasteiger charge is 2.54. The minimum Gasteiger partial charge on any atom is -0.357 e. The molecule has 4 heteroatoms. The molecule has 252 valence electrons. The van der Waals surface area contributed by atoms with Crippen molar-refractivity contribution in [3.8, 4) is 0 Å². The van der Waals surface area contributed by atoms with Gasteiger partial charge >= 0.3 is 0 Å². The van der Waals surface area contributed by atoms with Crippen molar-refractivity contribution < 1.29 is 0 Å². The van der Waals surface area contributed by atoms with Gasteiger partial charge in [0.05, 0.1) is 13.3 Å². The number of nitrogens with zero attached hydrogens (tertiary/aromatic N) is 4. The smallest absolute Gasteiger partial charge is 0.0904 e. The van der Waals surface area contributed by atoms with Crippen LogP contribution in [0.15, 0.2) is 36.4 Å². The van der Waals surface area contributed by atoms with E-state index >= 15 is 0 Å². The first-order chi connectivity index (χ1) is 22.4. The maximum atomic E-state index is 2.90. The highest BCUT2D eigenvalue weighted by molar-refractivity contribution is 5.66. The third-order valence-corrected chi connectivity index (χ3v) is 12.5. The zero-order valence-electron chi connectivity index (χ0n) is 31.0. The second kappa shape index (κ2) is 12.5. The van der Waals surface area contributed by atoms with Crippen molar-refractivity contribution in [3.05, 3.63) is 86.5 Å². The van der Waals surface area contributed by atoms with Crippen LogP contribution in [-0.4, -0.2) is 50.0 Å². The molecule has 0 N–H and O–H groups in total. The van der Waals surface area contributed by atoms with Gasteiger partial charge in [0.25, 0.3) is 0 Å². The van der Waals surface area contributed by atoms with Crippen LogP contribution in [0.5, 0.6) is 0 Å². The van der Waals surface area contributed by atoms with Gasteiger partial charge in [-0.3, -0.25) is 4.90 Å². The highest BCUT2D eigenvalue weighted by Crippen LogP contribution is 2.58. The fourth-order valence-corrected chi connectivity index (χ4v) is 11.6. The largest absolute Gasteiger partial charge is 0.357 e. The van der Waals surface area contributed by atoms with Gasteiger partial charge in [0.2, 0.25) is 0 Å². The Balaban J connectivity index is 0.000000150. The quantitative estimate of drug-likeness (QED) is 0.284. The highest BCUT2D eigenvalue weighted by atomic mass is 15.4. The van der Waals surface area contributed by atoms with Crippen molar-refractivity contribution in [1.82, 2.24) is 4.90 Å². The molecule has 4 aliphatic carbocycles. The standard InChI is InChI=1S/C22H32N2.C21H28N2/c1-15-6-16(2)21(17(3)7-15)23-4-5-24(14-23)22-11-18-8-19(12-22)10-20(9-18)13-22;1-14-9-16(3)20(17(4)10-14)22-7-8-23(13-22)21-18(5)11-15(2)12-19(21)6/h6-7,18-20H,4-5,8-14H2,1-3H3;9-12H,7-8,13H2,1-6H3. The molecule has 0 unspecified atom stereocenters. The Bertz CT molecular complexity index is 1480. The van der Waals surface area contributed by atoms with Crippen molar-refractivity contribution in [3.63, 3.8) is 0 Å². The first-order valence-electron chi connectivity index (χ1n) is 18.6. The van der Waals surface area contributed by atoms with Crippen LogP contribution in [0.4, 0.5) is 17.1 Å². The Morgan fingerprint density at radius 2 is 0.723 bits per heavy atom. The second-order valence-electron chi connectivity index (χ2n) is 16.7. The summed E-state index contributed by atoms with van der Waals surface area (Å²) in [5.74, 6) is 3.15. The summed E-state index contributed by atoms with van der Waals surface area (Å²) < 4.78 is 0. The van der Waals surface area contributed by atoms with Crippen LogP contribution in [0.3, 0.4) is 0 Å². The lowest BCUT2D eigenvalue weighted by Gasteiger charge is -2.60. The van der Waals surface area contributed by atoms with Crippen LogP contribution in [0.1, 0.15) is 88.6 Å². The molecule has 3 aromatic carbocycles. The van der Waals surface area contributed by atoms with Crippen molar-refractivity contribution in [2.45, 2.75) is 106 Å². The molecule has 4 saturated carbocycles. The van der Waals surface area contributed by atoms with Gasteiger partial charge in [-0.05, 0) is 152 Å². The maximum Gasteiger partial charge on any atom is 0.0904 e. The lowest BCUT2D eigenvalue weighted by Crippen LogP contribution is -2.59. The molecule has 0 aromatic heterocycles. The van der Waals surface area contributed by atoms with Gasteiger partial charge in [-0.15, -0.1) is 0 Å². The van der Waals surface area contributed by atoms with Gasteiger partial charge in [-0.25, -0.2) is 0 Å². The summed E-state index contributed by atoms with van der Waals surface area (Å²) in [5, 5.41) is 0. The van der Waals surface area contributed by atoms with Crippen LogP contribution in [0, 0.1) is 80.1 Å². The van der Waals surface area contributed by atoms with Crippen LogP contribution in [-0.2, 0) is 0 Å². The normalized spacial score (nSPS) is 26.7. The summed E-state index contributed by atoms with van der Waals surface area (Å²) in [6, 6.07) is 13.9. The fraction of sp³-hybridized carbons (Fsp3) is 0.581. The van der Waals surface area contributed by atoms with Gasteiger partial charge in [-0.1, -0.05) is 53.1 Å². The lowest BCUT2D eigenvalue weighted by molar-refractivity contribution is -0.0797. The molecular formula is C43H60N4. The number of hydrogen-bond donors (Lipinski definition) is 0. The minimum absolute atomic E-state index is 0.565. The summed E-state index contributed by atoms with van der Waals surface area (Å²) in [4.78, 5) is 10.6. The molecule has 47 heavy (non-hydrogen) atoms. The Kier molecular flexibility index (Phi) is 8.65. The molecule has 4 bridgehead atoms. The number of anilines is 3. The summed E-state index contributed by atoms with van der Waals surface area (Å²) >= 11 is 0. The van der Waals surface area contributed by atoms with E-state index in [1.807, 2.05) is 0 Å². The van der Waals surface area contributed by atoms with Gasteiger partial charge < -0.3 is 14.7 Å². The van der Waals surface area contributed by atoms with Crippen molar-refractivity contribution in [2.24, 2.45) is 17.8 Å². The van der Waals surface area contributed by atoms with Gasteiger partial charge in [-0.2, -0.15) is 0 Å². The third kappa shape index (κ3) is 6.20. The number of benzene rings is 3. The minimum atomic E-state index is 0.565. The van der Waals surface area contributed by atoms with Gasteiger partial charge in [0.1, 0.15) is 0 Å². The van der Waals surface area contributed by atoms with Gasteiger partial charge in [0.15, 0.2) is 0 Å². The van der Waals surface area contributed by atoms with Crippen LogP contribution in [0.2, 0.25) is 0 Å². The molecule has 6 aliphatic rings. The van der Waals surface area contributed by atoms with E-state index in [1.165, 1.54) is 99.5 Å². The predicted octanol–water partition coefficient (Wildman–Crippen LogP) is 9.48. The average molecular weight is 633 g/mol. The van der Waals surface area contributed by atoms with Crippen molar-refractivity contribution in [2.75, 3.05) is 54.2 Å². The summed E-state index contributed by atoms with van der Waals surface area (Å²) in [7, 11) is 0. The second-order valence-corrected chi connectivity index (χ2v) is 16.7. The van der Waals surface area contributed by atoms with E-state index in [0.717, 1.165) is 44.2 Å². The number of aryl methyl sites for hydroxylation is 9. The molecule has 4 nitrogen and oxygen atoms in total. The molecule has 2 saturated heterocycles. The number of hydrogen-bond acceptors (Lipinski definition) is 4. The molecule has 9 rings (SSSR count). The summed E-state index contributed by atoms with van der Waals surface area (Å²) in [6.07, 6.45) is 9.14. The topological polar surface area (TPSA) is 13.0 Å². The first kappa shape index (κ1) is 32.6. The summed E-state index contributed by atoms with van der Waals surface area (Å²) in [5.41, 5.74) is 17.5. The third-order valence-electron chi connectivity index (χ3n) is 12.5. The zero-order chi connectivity index (χ0) is 33.2. The van der Waals surface area contributed by atoms with E-state index in [2.05, 4.69) is 118 Å². The van der Waals surface area contributed by atoms with E-state index in [9.17, 15) is 0 Å². The van der Waals surface area contributed by atoms with E-state index < -0.39 is 0 Å². The predicted molar refractivity (Wildman–Crippen MR) is 201 cm³/mol.